The molecule has 2 N–H and O–H groups in total. The molecule has 0 saturated carbocycles. The second kappa shape index (κ2) is 6.47. The molecule has 1 aromatic rings. The highest BCUT2D eigenvalue weighted by Crippen LogP contribution is 2.02. The number of nitrogens with one attached hydrogen (secondary N) is 2. The summed E-state index contributed by atoms with van der Waals surface area (Å²) in [5, 5.41) is -0.680. The minimum absolute atomic E-state index is 0.137. The van der Waals surface area contributed by atoms with Gasteiger partial charge < -0.3 is 0 Å². The highest BCUT2D eigenvalue weighted by molar-refractivity contribution is 7.92. The highest BCUT2D eigenvalue weighted by atomic mass is 32.2. The molecule has 0 saturated heterocycles. The van der Waals surface area contributed by atoms with Crippen LogP contribution in [0, 0.1) is 5.82 Å². The number of halogens is 1. The molecule has 0 radical (unpaired) electrons. The van der Waals surface area contributed by atoms with E-state index in [1.54, 1.807) is 0 Å². The average molecular weight is 302 g/mol. The maximum atomic E-state index is 12.7. The fraction of sp³-hybridized carbons (Fsp3) is 0.333. The molecule has 1 aromatic carbocycles. The number of hydrazine groups is 1. The molecule has 0 aromatic heterocycles. The summed E-state index contributed by atoms with van der Waals surface area (Å²) in [7, 11) is -3.53. The summed E-state index contributed by atoms with van der Waals surface area (Å²) >= 11 is 0. The minimum atomic E-state index is -3.53. The molecule has 20 heavy (non-hydrogen) atoms. The SMILES string of the molecule is CC(C)S(=O)(=O)CC(=O)NNC(=O)c1ccc(F)cc1. The first-order valence-electron chi connectivity index (χ1n) is 5.78. The number of carbonyl (C=O) groups is 2. The molecule has 0 aliphatic rings. The van der Waals surface area contributed by atoms with Gasteiger partial charge in [0.2, 0.25) is 0 Å². The van der Waals surface area contributed by atoms with Gasteiger partial charge in [-0.25, -0.2) is 12.8 Å². The second-order valence-corrected chi connectivity index (χ2v) is 6.92. The van der Waals surface area contributed by atoms with E-state index in [0.717, 1.165) is 12.1 Å². The van der Waals surface area contributed by atoms with Crippen LogP contribution in [0.25, 0.3) is 0 Å². The summed E-state index contributed by atoms with van der Waals surface area (Å²) in [4.78, 5) is 23.0. The smallest absolute Gasteiger partial charge is 0.269 e. The highest BCUT2D eigenvalue weighted by Gasteiger charge is 2.20. The van der Waals surface area contributed by atoms with Gasteiger partial charge in [0.05, 0.1) is 5.25 Å². The maximum absolute atomic E-state index is 12.7. The summed E-state index contributed by atoms with van der Waals surface area (Å²) in [6.07, 6.45) is 0. The Bertz CT molecular complexity index is 596. The van der Waals surface area contributed by atoms with E-state index in [2.05, 4.69) is 5.43 Å². The third-order valence-corrected chi connectivity index (χ3v) is 4.57. The summed E-state index contributed by atoms with van der Waals surface area (Å²) in [6.45, 7) is 2.92. The van der Waals surface area contributed by atoms with Crippen LogP contribution >= 0.6 is 0 Å². The molecular weight excluding hydrogens is 287 g/mol. The zero-order chi connectivity index (χ0) is 15.3. The Hall–Kier alpha value is -1.96. The molecule has 0 bridgehead atoms. The van der Waals surface area contributed by atoms with E-state index in [-0.39, 0.29) is 5.56 Å². The predicted octanol–water partition coefficient (Wildman–Crippen LogP) is 0.410. The molecule has 0 spiro atoms. The number of hydrogen-bond donors (Lipinski definition) is 2. The van der Waals surface area contributed by atoms with Gasteiger partial charge in [0.1, 0.15) is 11.6 Å². The van der Waals surface area contributed by atoms with Crippen LogP contribution in [0.5, 0.6) is 0 Å². The molecular formula is C12H15FN2O4S. The number of rotatable bonds is 4. The number of sulfone groups is 1. The van der Waals surface area contributed by atoms with Crippen molar-refractivity contribution in [3.63, 3.8) is 0 Å². The van der Waals surface area contributed by atoms with Crippen LogP contribution in [0.3, 0.4) is 0 Å². The van der Waals surface area contributed by atoms with Gasteiger partial charge in [0.25, 0.3) is 11.8 Å². The van der Waals surface area contributed by atoms with Crippen LogP contribution in [-0.4, -0.2) is 31.2 Å². The van der Waals surface area contributed by atoms with Gasteiger partial charge in [0.15, 0.2) is 9.84 Å². The van der Waals surface area contributed by atoms with Crippen molar-refractivity contribution < 1.29 is 22.4 Å². The molecule has 0 heterocycles. The second-order valence-electron chi connectivity index (χ2n) is 4.37. The molecule has 6 nitrogen and oxygen atoms in total. The van der Waals surface area contributed by atoms with Crippen LogP contribution in [0.1, 0.15) is 24.2 Å². The number of benzene rings is 1. The molecule has 0 unspecified atom stereocenters. The Morgan fingerprint density at radius 3 is 2.20 bits per heavy atom. The predicted molar refractivity (Wildman–Crippen MR) is 70.9 cm³/mol. The lowest BCUT2D eigenvalue weighted by molar-refractivity contribution is -0.119. The Kier molecular flexibility index (Phi) is 5.20. The summed E-state index contributed by atoms with van der Waals surface area (Å²) in [5.74, 6) is -2.71. The number of hydrogen-bond acceptors (Lipinski definition) is 4. The van der Waals surface area contributed by atoms with Crippen molar-refractivity contribution in [3.8, 4) is 0 Å². The summed E-state index contributed by atoms with van der Waals surface area (Å²) in [6, 6.07) is 4.67. The van der Waals surface area contributed by atoms with Gasteiger partial charge in [-0.2, -0.15) is 0 Å². The molecule has 0 aliphatic heterocycles. The number of carbonyl (C=O) groups excluding carboxylic acids is 2. The van der Waals surface area contributed by atoms with Crippen molar-refractivity contribution >= 4 is 21.7 Å². The van der Waals surface area contributed by atoms with Crippen molar-refractivity contribution in [2.45, 2.75) is 19.1 Å². The lowest BCUT2D eigenvalue weighted by Crippen LogP contribution is -2.44. The van der Waals surface area contributed by atoms with Gasteiger partial charge in [-0.3, -0.25) is 20.4 Å². The zero-order valence-corrected chi connectivity index (χ0v) is 11.8. The van der Waals surface area contributed by atoms with E-state index < -0.39 is 38.5 Å². The third kappa shape index (κ3) is 4.61. The molecule has 0 aliphatic carbocycles. The van der Waals surface area contributed by atoms with Gasteiger partial charge in [-0.05, 0) is 38.1 Å². The van der Waals surface area contributed by atoms with Crippen molar-refractivity contribution in [1.82, 2.24) is 10.9 Å². The Morgan fingerprint density at radius 2 is 1.70 bits per heavy atom. The van der Waals surface area contributed by atoms with Crippen molar-refractivity contribution in [3.05, 3.63) is 35.6 Å². The molecule has 110 valence electrons. The quantitative estimate of drug-likeness (QED) is 0.788. The van der Waals surface area contributed by atoms with Gasteiger partial charge in [0, 0.05) is 5.56 Å². The van der Waals surface area contributed by atoms with Gasteiger partial charge in [-0.1, -0.05) is 0 Å². The molecule has 1 rings (SSSR count). The monoisotopic (exact) mass is 302 g/mol. The Morgan fingerprint density at radius 1 is 1.15 bits per heavy atom. The van der Waals surface area contributed by atoms with E-state index in [9.17, 15) is 22.4 Å². The van der Waals surface area contributed by atoms with E-state index in [1.165, 1.54) is 26.0 Å². The first-order valence-corrected chi connectivity index (χ1v) is 7.50. The number of amides is 2. The average Bonchev–Trinajstić information content (AvgIpc) is 2.36. The first kappa shape index (κ1) is 16.1. The van der Waals surface area contributed by atoms with E-state index in [1.807, 2.05) is 5.43 Å². The molecule has 0 atom stereocenters. The first-order chi connectivity index (χ1) is 9.22. The van der Waals surface area contributed by atoms with E-state index in [0.29, 0.717) is 0 Å². The summed E-state index contributed by atoms with van der Waals surface area (Å²) in [5.41, 5.74) is 4.19. The van der Waals surface area contributed by atoms with Crippen LogP contribution in [0.2, 0.25) is 0 Å². The van der Waals surface area contributed by atoms with Crippen molar-refractivity contribution in [2.75, 3.05) is 5.75 Å². The topological polar surface area (TPSA) is 92.3 Å². The van der Waals surface area contributed by atoms with Crippen LogP contribution in [0.15, 0.2) is 24.3 Å². The lowest BCUT2D eigenvalue weighted by atomic mass is 10.2. The fourth-order valence-corrected chi connectivity index (χ4v) is 1.96. The Balaban J connectivity index is 2.53. The standard InChI is InChI=1S/C12H15FN2O4S/c1-8(2)20(18,19)7-11(16)14-15-12(17)9-3-5-10(13)6-4-9/h3-6,8H,7H2,1-2H3,(H,14,16)(H,15,17). The van der Waals surface area contributed by atoms with Gasteiger partial charge >= 0.3 is 0 Å². The third-order valence-electron chi connectivity index (χ3n) is 2.47. The van der Waals surface area contributed by atoms with Crippen molar-refractivity contribution in [2.24, 2.45) is 0 Å². The molecule has 2 amide bonds. The summed E-state index contributed by atoms with van der Waals surface area (Å²) < 4.78 is 35.6. The fourth-order valence-electron chi connectivity index (χ4n) is 1.19. The minimum Gasteiger partial charge on any atom is -0.272 e. The van der Waals surface area contributed by atoms with Crippen LogP contribution < -0.4 is 10.9 Å². The lowest BCUT2D eigenvalue weighted by Gasteiger charge is -2.09. The molecule has 8 heteroatoms. The zero-order valence-electron chi connectivity index (χ0n) is 11.0. The van der Waals surface area contributed by atoms with Crippen LogP contribution in [-0.2, 0) is 14.6 Å². The van der Waals surface area contributed by atoms with Crippen LogP contribution in [0.4, 0.5) is 4.39 Å². The van der Waals surface area contributed by atoms with E-state index >= 15 is 0 Å². The maximum Gasteiger partial charge on any atom is 0.269 e. The Labute approximate surface area is 116 Å². The van der Waals surface area contributed by atoms with Gasteiger partial charge in [-0.15, -0.1) is 0 Å². The normalized spacial score (nSPS) is 11.2. The van der Waals surface area contributed by atoms with E-state index in [4.69, 9.17) is 0 Å². The molecule has 0 fully saturated rings. The van der Waals surface area contributed by atoms with Crippen molar-refractivity contribution in [1.29, 1.82) is 0 Å². The largest absolute Gasteiger partial charge is 0.272 e.